The number of allylic oxidation sites excluding steroid dienone is 6. The van der Waals surface area contributed by atoms with Crippen molar-refractivity contribution in [1.82, 2.24) is 0 Å². The highest BCUT2D eigenvalue weighted by Gasteiger charge is 2.19. The van der Waals surface area contributed by atoms with Crippen LogP contribution in [0.4, 0.5) is 0 Å². The summed E-state index contributed by atoms with van der Waals surface area (Å²) in [7, 11) is 0. The van der Waals surface area contributed by atoms with E-state index in [2.05, 4.69) is 57.2 Å². The minimum Gasteiger partial charge on any atom is -0.462 e. The summed E-state index contributed by atoms with van der Waals surface area (Å²) in [5, 5.41) is 0. The molecule has 0 N–H and O–H groups in total. The lowest BCUT2D eigenvalue weighted by molar-refractivity contribution is -0.167. The average Bonchev–Trinajstić information content (AvgIpc) is 3.47. The van der Waals surface area contributed by atoms with Crippen molar-refractivity contribution in [3.63, 3.8) is 0 Å². The van der Waals surface area contributed by atoms with E-state index in [0.29, 0.717) is 19.3 Å². The molecule has 81 heavy (non-hydrogen) atoms. The topological polar surface area (TPSA) is 78.9 Å². The summed E-state index contributed by atoms with van der Waals surface area (Å²) >= 11 is 0. The van der Waals surface area contributed by atoms with E-state index in [1.165, 1.54) is 283 Å². The van der Waals surface area contributed by atoms with Crippen molar-refractivity contribution in [1.29, 1.82) is 0 Å². The highest BCUT2D eigenvalue weighted by atomic mass is 16.6. The molecule has 0 aromatic carbocycles. The summed E-state index contributed by atoms with van der Waals surface area (Å²) in [5.74, 6) is -0.856. The predicted molar refractivity (Wildman–Crippen MR) is 353 cm³/mol. The largest absolute Gasteiger partial charge is 0.462 e. The first-order valence-electron chi connectivity index (χ1n) is 36.5. The zero-order valence-electron chi connectivity index (χ0n) is 54.8. The molecule has 0 fully saturated rings. The zero-order chi connectivity index (χ0) is 58.5. The molecule has 0 rings (SSSR count). The molecule has 0 aliphatic rings. The maximum Gasteiger partial charge on any atom is 0.306 e. The van der Waals surface area contributed by atoms with E-state index in [-0.39, 0.29) is 31.1 Å². The molecular formula is C75H140O6. The van der Waals surface area contributed by atoms with Crippen molar-refractivity contribution in [2.45, 2.75) is 412 Å². The summed E-state index contributed by atoms with van der Waals surface area (Å²) in [6.07, 6.45) is 87.9. The van der Waals surface area contributed by atoms with Crippen LogP contribution in [0.1, 0.15) is 406 Å². The first kappa shape index (κ1) is 78.6. The fraction of sp³-hybridized carbons (Fsp3) is 0.880. The average molecular weight is 1140 g/mol. The van der Waals surface area contributed by atoms with Crippen molar-refractivity contribution in [3.8, 4) is 0 Å². The van der Waals surface area contributed by atoms with Gasteiger partial charge in [0.05, 0.1) is 0 Å². The Morgan fingerprint density at radius 2 is 0.481 bits per heavy atom. The smallest absolute Gasteiger partial charge is 0.306 e. The molecule has 0 aromatic rings. The molecular weight excluding hydrogens is 997 g/mol. The van der Waals surface area contributed by atoms with E-state index in [0.717, 1.165) is 83.5 Å². The molecule has 0 saturated heterocycles. The van der Waals surface area contributed by atoms with E-state index in [1.807, 2.05) is 0 Å². The van der Waals surface area contributed by atoms with Crippen LogP contribution >= 0.6 is 0 Å². The summed E-state index contributed by atoms with van der Waals surface area (Å²) in [4.78, 5) is 38.3. The number of unbranched alkanes of at least 4 members (excludes halogenated alkanes) is 51. The maximum atomic E-state index is 12.9. The van der Waals surface area contributed by atoms with Crippen molar-refractivity contribution in [2.24, 2.45) is 0 Å². The van der Waals surface area contributed by atoms with E-state index >= 15 is 0 Å². The number of ether oxygens (including phenoxy) is 3. The van der Waals surface area contributed by atoms with Crippen LogP contribution in [-0.2, 0) is 28.6 Å². The standard InChI is InChI=1S/C75H140O6/c1-4-7-10-13-16-19-22-24-26-28-29-30-31-32-33-34-35-36-37-38-39-40-41-42-43-44-45-47-48-50-53-56-59-62-65-68-74(77)80-71-72(70-79-73(76)67-64-61-58-55-52-21-18-15-12-9-6-3)81-75(78)69-66-63-60-57-54-51-49-46-27-25-23-20-17-14-11-8-5-2/h8,11,17,20,25,27,72H,4-7,9-10,12-16,18-19,21-24,26,28-71H2,1-3H3/b11-8-,20-17-,27-25-. The number of rotatable bonds is 68. The first-order valence-corrected chi connectivity index (χ1v) is 36.5. The van der Waals surface area contributed by atoms with Crippen molar-refractivity contribution in [3.05, 3.63) is 36.5 Å². The van der Waals surface area contributed by atoms with Gasteiger partial charge in [0.1, 0.15) is 13.2 Å². The van der Waals surface area contributed by atoms with Crippen LogP contribution in [-0.4, -0.2) is 37.2 Å². The van der Waals surface area contributed by atoms with Gasteiger partial charge in [0, 0.05) is 19.3 Å². The molecule has 1 atom stereocenters. The zero-order valence-corrected chi connectivity index (χ0v) is 54.8. The SMILES string of the molecule is CC/C=C\C/C=C\C/C=C\CCCCCCCCCC(=O)OC(COC(=O)CCCCCCCCCCCCC)COC(=O)CCCCCCCCCCCCCCCCCCCCCCCCCCCCCCCCCCCCC. The van der Waals surface area contributed by atoms with Crippen molar-refractivity contribution in [2.75, 3.05) is 13.2 Å². The van der Waals surface area contributed by atoms with Crippen LogP contribution in [0.3, 0.4) is 0 Å². The van der Waals surface area contributed by atoms with Gasteiger partial charge < -0.3 is 14.2 Å². The van der Waals surface area contributed by atoms with Gasteiger partial charge in [-0.3, -0.25) is 14.4 Å². The second kappa shape index (κ2) is 70.1. The third kappa shape index (κ3) is 68.3. The second-order valence-corrected chi connectivity index (χ2v) is 24.8. The summed E-state index contributed by atoms with van der Waals surface area (Å²) < 4.78 is 16.9. The van der Waals surface area contributed by atoms with Gasteiger partial charge in [-0.1, -0.05) is 372 Å². The highest BCUT2D eigenvalue weighted by molar-refractivity contribution is 5.71. The lowest BCUT2D eigenvalue weighted by Gasteiger charge is -2.18. The van der Waals surface area contributed by atoms with Crippen LogP contribution in [0.25, 0.3) is 0 Å². The maximum absolute atomic E-state index is 12.9. The van der Waals surface area contributed by atoms with E-state index in [9.17, 15) is 14.4 Å². The van der Waals surface area contributed by atoms with E-state index in [4.69, 9.17) is 14.2 Å². The molecule has 1 unspecified atom stereocenters. The van der Waals surface area contributed by atoms with Gasteiger partial charge in [-0.15, -0.1) is 0 Å². The van der Waals surface area contributed by atoms with Gasteiger partial charge in [-0.05, 0) is 51.4 Å². The molecule has 0 bridgehead atoms. The molecule has 6 nitrogen and oxygen atoms in total. The summed E-state index contributed by atoms with van der Waals surface area (Å²) in [6, 6.07) is 0. The van der Waals surface area contributed by atoms with Gasteiger partial charge in [0.25, 0.3) is 0 Å². The molecule has 0 heterocycles. The van der Waals surface area contributed by atoms with Crippen LogP contribution in [0, 0.1) is 0 Å². The number of hydrogen-bond acceptors (Lipinski definition) is 6. The molecule has 476 valence electrons. The molecule has 0 aliphatic heterocycles. The van der Waals surface area contributed by atoms with Crippen LogP contribution in [0.15, 0.2) is 36.5 Å². The Labute approximate surface area is 506 Å². The number of carbonyl (C=O) groups excluding carboxylic acids is 3. The van der Waals surface area contributed by atoms with Crippen LogP contribution < -0.4 is 0 Å². The highest BCUT2D eigenvalue weighted by Crippen LogP contribution is 2.19. The third-order valence-electron chi connectivity index (χ3n) is 16.7. The normalized spacial score (nSPS) is 12.2. The Kier molecular flexibility index (Phi) is 68.1. The lowest BCUT2D eigenvalue weighted by atomic mass is 10.0. The Morgan fingerprint density at radius 1 is 0.259 bits per heavy atom. The lowest BCUT2D eigenvalue weighted by Crippen LogP contribution is -2.30. The Hall–Kier alpha value is -2.37. The Balaban J connectivity index is 4.01. The number of esters is 3. The monoisotopic (exact) mass is 1140 g/mol. The van der Waals surface area contributed by atoms with E-state index in [1.54, 1.807) is 0 Å². The van der Waals surface area contributed by atoms with Crippen molar-refractivity contribution < 1.29 is 28.6 Å². The van der Waals surface area contributed by atoms with Crippen LogP contribution in [0.5, 0.6) is 0 Å². The molecule has 0 saturated carbocycles. The summed E-state index contributed by atoms with van der Waals surface area (Å²) in [5.41, 5.74) is 0. The minimum atomic E-state index is -0.774. The van der Waals surface area contributed by atoms with Gasteiger partial charge >= 0.3 is 17.9 Å². The second-order valence-electron chi connectivity index (χ2n) is 24.8. The quantitative estimate of drug-likeness (QED) is 0.0261. The molecule has 6 heteroatoms. The van der Waals surface area contributed by atoms with Gasteiger partial charge in [-0.2, -0.15) is 0 Å². The third-order valence-corrected chi connectivity index (χ3v) is 16.7. The van der Waals surface area contributed by atoms with Crippen LogP contribution in [0.2, 0.25) is 0 Å². The molecule has 0 aromatic heterocycles. The summed E-state index contributed by atoms with van der Waals surface area (Å²) in [6.45, 7) is 6.58. The Morgan fingerprint density at radius 3 is 0.753 bits per heavy atom. The minimum absolute atomic E-state index is 0.0709. The molecule has 0 radical (unpaired) electrons. The predicted octanol–water partition coefficient (Wildman–Crippen LogP) is 25.1. The molecule has 0 amide bonds. The van der Waals surface area contributed by atoms with Gasteiger partial charge in [0.2, 0.25) is 0 Å². The first-order chi connectivity index (χ1) is 40.0. The van der Waals surface area contributed by atoms with Crippen molar-refractivity contribution >= 4 is 17.9 Å². The molecule has 0 aliphatic carbocycles. The Bertz CT molecular complexity index is 1350. The fourth-order valence-electron chi connectivity index (χ4n) is 11.2. The molecule has 0 spiro atoms. The number of hydrogen-bond donors (Lipinski definition) is 0. The fourth-order valence-corrected chi connectivity index (χ4v) is 11.2. The van der Waals surface area contributed by atoms with Gasteiger partial charge in [-0.25, -0.2) is 0 Å². The van der Waals surface area contributed by atoms with Gasteiger partial charge in [0.15, 0.2) is 6.10 Å². The number of carbonyl (C=O) groups is 3. The van der Waals surface area contributed by atoms with E-state index < -0.39 is 6.10 Å².